The summed E-state index contributed by atoms with van der Waals surface area (Å²) in [6, 6.07) is 13.3. The topological polar surface area (TPSA) is 26.0 Å². The van der Waals surface area contributed by atoms with Gasteiger partial charge in [-0.3, -0.25) is 0 Å². The third-order valence-corrected chi connectivity index (χ3v) is 4.39. The van der Waals surface area contributed by atoms with Crippen LogP contribution in [0.2, 0.25) is 0 Å². The molecule has 1 heteroatoms. The molecule has 2 N–H and O–H groups in total. The summed E-state index contributed by atoms with van der Waals surface area (Å²) in [5.41, 5.74) is 9.08. The van der Waals surface area contributed by atoms with Gasteiger partial charge in [0, 0.05) is 6.04 Å². The Morgan fingerprint density at radius 3 is 2.50 bits per heavy atom. The fourth-order valence-corrected chi connectivity index (χ4v) is 3.01. The summed E-state index contributed by atoms with van der Waals surface area (Å²) in [5.74, 6) is 0.861. The van der Waals surface area contributed by atoms with Gasteiger partial charge in [0.15, 0.2) is 0 Å². The molecule has 0 aromatic heterocycles. The van der Waals surface area contributed by atoms with Gasteiger partial charge in [-0.15, -0.1) is 0 Å². The molecule has 2 aromatic carbocycles. The van der Waals surface area contributed by atoms with Crippen molar-refractivity contribution in [2.75, 3.05) is 0 Å². The average Bonchev–Trinajstić information content (AvgIpc) is 2.34. The molecule has 94 valence electrons. The van der Waals surface area contributed by atoms with E-state index in [2.05, 4.69) is 43.3 Å². The standard InChI is InChI=1S/C17H21N/c1-12-9-10-16(15-8-3-2-7-14(12)15)17(18)11-13-5-4-6-13/h2-3,7-10,13,17H,4-6,11,18H2,1H3. The normalized spacial score (nSPS) is 17.7. The molecule has 1 aliphatic rings. The van der Waals surface area contributed by atoms with Crippen LogP contribution in [0.4, 0.5) is 0 Å². The summed E-state index contributed by atoms with van der Waals surface area (Å²) >= 11 is 0. The van der Waals surface area contributed by atoms with Crippen molar-refractivity contribution in [2.24, 2.45) is 11.7 Å². The first-order valence-corrected chi connectivity index (χ1v) is 6.99. The van der Waals surface area contributed by atoms with Gasteiger partial charge >= 0.3 is 0 Å². The first kappa shape index (κ1) is 11.7. The van der Waals surface area contributed by atoms with E-state index < -0.39 is 0 Å². The van der Waals surface area contributed by atoms with E-state index in [4.69, 9.17) is 5.73 Å². The lowest BCUT2D eigenvalue weighted by atomic mass is 9.79. The first-order valence-electron chi connectivity index (χ1n) is 6.99. The molecule has 0 amide bonds. The lowest BCUT2D eigenvalue weighted by molar-refractivity contribution is 0.278. The minimum Gasteiger partial charge on any atom is -0.324 e. The first-order chi connectivity index (χ1) is 8.75. The molecule has 1 aliphatic carbocycles. The van der Waals surface area contributed by atoms with Gasteiger partial charge in [-0.25, -0.2) is 0 Å². The summed E-state index contributed by atoms with van der Waals surface area (Å²) in [4.78, 5) is 0. The number of fused-ring (bicyclic) bond motifs is 1. The van der Waals surface area contributed by atoms with Gasteiger partial charge in [0.1, 0.15) is 0 Å². The Hall–Kier alpha value is -1.34. The molecular weight excluding hydrogens is 218 g/mol. The Morgan fingerprint density at radius 1 is 1.11 bits per heavy atom. The smallest absolute Gasteiger partial charge is 0.0303 e. The summed E-state index contributed by atoms with van der Waals surface area (Å²) in [6.45, 7) is 2.17. The second kappa shape index (κ2) is 4.74. The predicted molar refractivity (Wildman–Crippen MR) is 77.6 cm³/mol. The Balaban J connectivity index is 1.97. The molecule has 0 aliphatic heterocycles. The minimum atomic E-state index is 0.195. The van der Waals surface area contributed by atoms with E-state index in [-0.39, 0.29) is 6.04 Å². The molecule has 1 nitrogen and oxygen atoms in total. The van der Waals surface area contributed by atoms with Crippen LogP contribution in [0.1, 0.15) is 42.9 Å². The zero-order chi connectivity index (χ0) is 12.5. The maximum Gasteiger partial charge on any atom is 0.0303 e. The SMILES string of the molecule is Cc1ccc(C(N)CC2CCC2)c2ccccc12. The highest BCUT2D eigenvalue weighted by atomic mass is 14.6. The second-order valence-electron chi connectivity index (χ2n) is 5.66. The molecule has 0 saturated heterocycles. The Bertz CT molecular complexity index is 555. The number of aryl methyl sites for hydroxylation is 1. The summed E-state index contributed by atoms with van der Waals surface area (Å²) in [6.07, 6.45) is 5.29. The van der Waals surface area contributed by atoms with Crippen LogP contribution in [0.3, 0.4) is 0 Å². The van der Waals surface area contributed by atoms with Gasteiger partial charge in [0.2, 0.25) is 0 Å². The number of benzene rings is 2. The van der Waals surface area contributed by atoms with Crippen molar-refractivity contribution in [1.82, 2.24) is 0 Å². The molecular formula is C17H21N. The quantitative estimate of drug-likeness (QED) is 0.847. The number of nitrogens with two attached hydrogens (primary N) is 1. The van der Waals surface area contributed by atoms with E-state index >= 15 is 0 Å². The zero-order valence-corrected chi connectivity index (χ0v) is 11.0. The highest BCUT2D eigenvalue weighted by Gasteiger charge is 2.21. The van der Waals surface area contributed by atoms with Crippen molar-refractivity contribution in [2.45, 2.75) is 38.6 Å². The number of hydrogen-bond donors (Lipinski definition) is 1. The van der Waals surface area contributed by atoms with Crippen LogP contribution < -0.4 is 5.73 Å². The number of hydrogen-bond acceptors (Lipinski definition) is 1. The van der Waals surface area contributed by atoms with Crippen molar-refractivity contribution in [3.63, 3.8) is 0 Å². The van der Waals surface area contributed by atoms with Crippen LogP contribution in [-0.2, 0) is 0 Å². The van der Waals surface area contributed by atoms with Crippen molar-refractivity contribution in [3.8, 4) is 0 Å². The highest BCUT2D eigenvalue weighted by molar-refractivity contribution is 5.88. The van der Waals surface area contributed by atoms with E-state index in [0.717, 1.165) is 12.3 Å². The van der Waals surface area contributed by atoms with Crippen LogP contribution in [0.15, 0.2) is 36.4 Å². The fraction of sp³-hybridized carbons (Fsp3) is 0.412. The van der Waals surface area contributed by atoms with Gasteiger partial charge in [-0.1, -0.05) is 55.7 Å². The lowest BCUT2D eigenvalue weighted by Gasteiger charge is -2.28. The third kappa shape index (κ3) is 2.04. The molecule has 0 radical (unpaired) electrons. The summed E-state index contributed by atoms with van der Waals surface area (Å²) in [5, 5.41) is 2.68. The third-order valence-electron chi connectivity index (χ3n) is 4.39. The molecule has 1 saturated carbocycles. The average molecular weight is 239 g/mol. The molecule has 0 bridgehead atoms. The maximum absolute atomic E-state index is 6.42. The summed E-state index contributed by atoms with van der Waals surface area (Å²) in [7, 11) is 0. The van der Waals surface area contributed by atoms with Crippen LogP contribution in [0.25, 0.3) is 10.8 Å². The molecule has 3 rings (SSSR count). The van der Waals surface area contributed by atoms with Crippen molar-refractivity contribution in [3.05, 3.63) is 47.5 Å². The van der Waals surface area contributed by atoms with Gasteiger partial charge in [-0.05, 0) is 41.2 Å². The van der Waals surface area contributed by atoms with Crippen LogP contribution in [0.5, 0.6) is 0 Å². The maximum atomic E-state index is 6.42. The highest BCUT2D eigenvalue weighted by Crippen LogP contribution is 2.35. The van der Waals surface area contributed by atoms with Gasteiger partial charge in [0.25, 0.3) is 0 Å². The van der Waals surface area contributed by atoms with Gasteiger partial charge in [0.05, 0.1) is 0 Å². The monoisotopic (exact) mass is 239 g/mol. The van der Waals surface area contributed by atoms with Crippen LogP contribution >= 0.6 is 0 Å². The van der Waals surface area contributed by atoms with E-state index in [0.29, 0.717) is 0 Å². The van der Waals surface area contributed by atoms with Gasteiger partial charge < -0.3 is 5.73 Å². The molecule has 2 aromatic rings. The largest absolute Gasteiger partial charge is 0.324 e. The predicted octanol–water partition coefficient (Wildman–Crippen LogP) is 4.34. The van der Waals surface area contributed by atoms with Crippen molar-refractivity contribution in [1.29, 1.82) is 0 Å². The Kier molecular flexibility index (Phi) is 3.09. The van der Waals surface area contributed by atoms with E-state index in [1.807, 2.05) is 0 Å². The Labute approximate surface area is 109 Å². The van der Waals surface area contributed by atoms with Gasteiger partial charge in [-0.2, -0.15) is 0 Å². The van der Waals surface area contributed by atoms with Crippen LogP contribution in [-0.4, -0.2) is 0 Å². The molecule has 18 heavy (non-hydrogen) atoms. The Morgan fingerprint density at radius 2 is 1.83 bits per heavy atom. The molecule has 0 heterocycles. The molecule has 0 spiro atoms. The van der Waals surface area contributed by atoms with Crippen LogP contribution in [0, 0.1) is 12.8 Å². The van der Waals surface area contributed by atoms with E-state index in [1.165, 1.54) is 41.2 Å². The second-order valence-corrected chi connectivity index (χ2v) is 5.66. The molecule has 1 unspecified atom stereocenters. The molecule has 1 atom stereocenters. The summed E-state index contributed by atoms with van der Waals surface area (Å²) < 4.78 is 0. The number of rotatable bonds is 3. The van der Waals surface area contributed by atoms with E-state index in [1.54, 1.807) is 0 Å². The zero-order valence-electron chi connectivity index (χ0n) is 11.0. The van der Waals surface area contributed by atoms with E-state index in [9.17, 15) is 0 Å². The lowest BCUT2D eigenvalue weighted by Crippen LogP contribution is -2.20. The molecule has 1 fully saturated rings. The minimum absolute atomic E-state index is 0.195. The van der Waals surface area contributed by atoms with Crippen molar-refractivity contribution < 1.29 is 0 Å². The fourth-order valence-electron chi connectivity index (χ4n) is 3.01. The van der Waals surface area contributed by atoms with Crippen molar-refractivity contribution >= 4 is 10.8 Å².